The molecule has 128 valence electrons. The molecular weight excluding hydrogens is 300 g/mol. The van der Waals surface area contributed by atoms with Crippen LogP contribution in [-0.4, -0.2) is 22.1 Å². The molecular formula is C21H26O3. The van der Waals surface area contributed by atoms with Crippen molar-refractivity contribution in [2.75, 3.05) is 0 Å². The van der Waals surface area contributed by atoms with Gasteiger partial charge in [0.05, 0.1) is 6.10 Å². The highest BCUT2D eigenvalue weighted by atomic mass is 16.3. The summed E-state index contributed by atoms with van der Waals surface area (Å²) in [5.74, 6) is -0.0452. The van der Waals surface area contributed by atoms with E-state index in [1.807, 2.05) is 6.07 Å². The first-order chi connectivity index (χ1) is 11.6. The number of carbonyl (C=O) groups is 1. The van der Waals surface area contributed by atoms with Gasteiger partial charge in [-0.25, -0.2) is 0 Å². The Morgan fingerprint density at radius 3 is 2.42 bits per heavy atom. The van der Waals surface area contributed by atoms with E-state index in [1.165, 1.54) is 17.7 Å². The second-order valence-corrected chi connectivity index (χ2v) is 6.27. The van der Waals surface area contributed by atoms with E-state index in [1.54, 1.807) is 12.1 Å². The van der Waals surface area contributed by atoms with E-state index < -0.39 is 6.10 Å². The van der Waals surface area contributed by atoms with Crippen LogP contribution in [0.3, 0.4) is 0 Å². The average Bonchev–Trinajstić information content (AvgIpc) is 2.59. The molecule has 2 N–H and O–H groups in total. The maximum absolute atomic E-state index is 12.0. The van der Waals surface area contributed by atoms with Gasteiger partial charge in [-0.1, -0.05) is 61.7 Å². The highest BCUT2D eigenvalue weighted by Gasteiger charge is 2.13. The number of phenols is 1. The van der Waals surface area contributed by atoms with E-state index in [4.69, 9.17) is 0 Å². The van der Waals surface area contributed by atoms with Crippen LogP contribution in [0.25, 0.3) is 0 Å². The zero-order valence-corrected chi connectivity index (χ0v) is 14.0. The molecule has 0 bridgehead atoms. The van der Waals surface area contributed by atoms with Crippen LogP contribution >= 0.6 is 0 Å². The molecule has 3 nitrogen and oxygen atoms in total. The van der Waals surface area contributed by atoms with Crippen molar-refractivity contribution in [2.24, 2.45) is 0 Å². The van der Waals surface area contributed by atoms with Gasteiger partial charge in [0.15, 0.2) is 5.78 Å². The Morgan fingerprint density at radius 1 is 0.917 bits per heavy atom. The number of phenolic OH excluding ortho intramolecular Hbond substituents is 1. The number of unbranched alkanes of at least 4 members (excludes halogenated alkanes) is 3. The van der Waals surface area contributed by atoms with Crippen LogP contribution in [0.5, 0.6) is 5.75 Å². The monoisotopic (exact) mass is 326 g/mol. The smallest absolute Gasteiger partial charge is 0.165 e. The number of aliphatic hydroxyl groups excluding tert-OH is 1. The molecule has 0 aliphatic heterocycles. The first-order valence-corrected chi connectivity index (χ1v) is 8.69. The van der Waals surface area contributed by atoms with E-state index in [0.717, 1.165) is 32.1 Å². The lowest BCUT2D eigenvalue weighted by molar-refractivity contribution is 0.0863. The van der Waals surface area contributed by atoms with Gasteiger partial charge in [-0.15, -0.1) is 0 Å². The fourth-order valence-corrected chi connectivity index (χ4v) is 2.82. The minimum atomic E-state index is -0.603. The number of Topliss-reactive ketones (excluding diaryl/α,β-unsaturated/α-hetero) is 1. The largest absolute Gasteiger partial charge is 0.508 e. The number of ketones is 1. The third-order valence-electron chi connectivity index (χ3n) is 4.18. The third kappa shape index (κ3) is 6.55. The number of aromatic hydroxyl groups is 1. The number of hydrogen-bond donors (Lipinski definition) is 2. The van der Waals surface area contributed by atoms with Crippen molar-refractivity contribution in [2.45, 2.75) is 51.0 Å². The molecule has 0 aliphatic carbocycles. The van der Waals surface area contributed by atoms with Crippen LogP contribution in [0.1, 0.15) is 54.4 Å². The summed E-state index contributed by atoms with van der Waals surface area (Å²) < 4.78 is 0. The van der Waals surface area contributed by atoms with Crippen LogP contribution in [0.4, 0.5) is 0 Å². The number of benzene rings is 2. The molecule has 2 aromatic carbocycles. The summed E-state index contributed by atoms with van der Waals surface area (Å²) in [5.41, 5.74) is 1.83. The summed E-state index contributed by atoms with van der Waals surface area (Å²) in [6.45, 7) is 0. The van der Waals surface area contributed by atoms with E-state index in [9.17, 15) is 15.0 Å². The normalized spacial score (nSPS) is 12.0. The topological polar surface area (TPSA) is 57.5 Å². The Labute approximate surface area is 144 Å². The molecule has 0 heterocycles. The lowest BCUT2D eigenvalue weighted by atomic mass is 10.00. The van der Waals surface area contributed by atoms with Crippen molar-refractivity contribution >= 4 is 5.78 Å². The Morgan fingerprint density at radius 2 is 1.67 bits per heavy atom. The van der Waals surface area contributed by atoms with Crippen molar-refractivity contribution < 1.29 is 15.0 Å². The fraction of sp³-hybridized carbons (Fsp3) is 0.381. The van der Waals surface area contributed by atoms with Gasteiger partial charge in [0.1, 0.15) is 5.75 Å². The fourth-order valence-electron chi connectivity index (χ4n) is 2.82. The van der Waals surface area contributed by atoms with Crippen molar-refractivity contribution in [1.29, 1.82) is 0 Å². The first-order valence-electron chi connectivity index (χ1n) is 8.69. The predicted octanol–water partition coefficient (Wildman–Crippen LogP) is 4.52. The van der Waals surface area contributed by atoms with Crippen LogP contribution in [0.2, 0.25) is 0 Å². The highest BCUT2D eigenvalue weighted by Crippen LogP contribution is 2.16. The SMILES string of the molecule is O=C(CC(O)CCCCCCc1ccccc1)c1cccc(O)c1. The van der Waals surface area contributed by atoms with Crippen molar-refractivity contribution in [1.82, 2.24) is 0 Å². The summed E-state index contributed by atoms with van der Waals surface area (Å²) >= 11 is 0. The molecule has 0 fully saturated rings. The zero-order valence-electron chi connectivity index (χ0n) is 14.0. The molecule has 0 aliphatic rings. The second kappa shape index (κ2) is 9.89. The molecule has 0 amide bonds. The lowest BCUT2D eigenvalue weighted by Crippen LogP contribution is -2.13. The van der Waals surface area contributed by atoms with Gasteiger partial charge < -0.3 is 10.2 Å². The molecule has 0 aromatic heterocycles. The number of aliphatic hydroxyl groups is 1. The predicted molar refractivity (Wildman–Crippen MR) is 96.3 cm³/mol. The summed E-state index contributed by atoms with van der Waals surface area (Å²) in [7, 11) is 0. The highest BCUT2D eigenvalue weighted by molar-refractivity contribution is 5.96. The van der Waals surface area contributed by atoms with Crippen LogP contribution in [0, 0.1) is 0 Å². The van der Waals surface area contributed by atoms with E-state index in [-0.39, 0.29) is 18.0 Å². The summed E-state index contributed by atoms with van der Waals surface area (Å²) in [6, 6.07) is 16.7. The molecule has 0 spiro atoms. The first kappa shape index (κ1) is 18.2. The van der Waals surface area contributed by atoms with Gasteiger partial charge in [0, 0.05) is 12.0 Å². The summed E-state index contributed by atoms with van der Waals surface area (Å²) in [4.78, 5) is 12.0. The van der Waals surface area contributed by atoms with Crippen molar-refractivity contribution in [3.05, 3.63) is 65.7 Å². The molecule has 2 rings (SSSR count). The number of rotatable bonds is 10. The molecule has 0 saturated carbocycles. The van der Waals surface area contributed by atoms with Gasteiger partial charge >= 0.3 is 0 Å². The molecule has 0 saturated heterocycles. The van der Waals surface area contributed by atoms with Crippen LogP contribution in [0.15, 0.2) is 54.6 Å². The maximum Gasteiger partial charge on any atom is 0.165 e. The molecule has 0 radical (unpaired) electrons. The van der Waals surface area contributed by atoms with Crippen LogP contribution in [-0.2, 0) is 6.42 Å². The van der Waals surface area contributed by atoms with E-state index in [2.05, 4.69) is 24.3 Å². The van der Waals surface area contributed by atoms with Gasteiger partial charge in [-0.05, 0) is 37.0 Å². The zero-order chi connectivity index (χ0) is 17.2. The summed E-state index contributed by atoms with van der Waals surface area (Å²) in [5, 5.41) is 19.4. The van der Waals surface area contributed by atoms with Gasteiger partial charge in [0.25, 0.3) is 0 Å². The van der Waals surface area contributed by atoms with E-state index in [0.29, 0.717) is 12.0 Å². The Balaban J connectivity index is 1.58. The minimum Gasteiger partial charge on any atom is -0.508 e. The maximum atomic E-state index is 12.0. The van der Waals surface area contributed by atoms with Gasteiger partial charge in [-0.2, -0.15) is 0 Å². The molecule has 24 heavy (non-hydrogen) atoms. The molecule has 3 heteroatoms. The quantitative estimate of drug-likeness (QED) is 0.498. The van der Waals surface area contributed by atoms with Crippen LogP contribution < -0.4 is 0 Å². The Kier molecular flexibility index (Phi) is 7.50. The van der Waals surface area contributed by atoms with Crippen molar-refractivity contribution in [3.8, 4) is 5.75 Å². The van der Waals surface area contributed by atoms with Gasteiger partial charge in [-0.3, -0.25) is 4.79 Å². The average molecular weight is 326 g/mol. The third-order valence-corrected chi connectivity index (χ3v) is 4.18. The number of aryl methyl sites for hydroxylation is 1. The molecule has 1 atom stereocenters. The second-order valence-electron chi connectivity index (χ2n) is 6.27. The Hall–Kier alpha value is -2.13. The molecule has 1 unspecified atom stereocenters. The minimum absolute atomic E-state index is 0.0776. The molecule has 2 aromatic rings. The van der Waals surface area contributed by atoms with Gasteiger partial charge in [0.2, 0.25) is 0 Å². The van der Waals surface area contributed by atoms with E-state index >= 15 is 0 Å². The summed E-state index contributed by atoms with van der Waals surface area (Å²) in [6.07, 6.45) is 5.56. The van der Waals surface area contributed by atoms with Crippen molar-refractivity contribution in [3.63, 3.8) is 0 Å². The lowest BCUT2D eigenvalue weighted by Gasteiger charge is -2.10. The number of carbonyl (C=O) groups excluding carboxylic acids is 1. The standard InChI is InChI=1S/C21H26O3/c22-19-14-8-12-18(15-19)21(24)16-20(23)13-7-2-1-4-9-17-10-5-3-6-11-17/h3,5-6,8,10-12,14-15,20,22-23H,1-2,4,7,9,13,16H2. The Bertz CT molecular complexity index is 622. The number of hydrogen-bond acceptors (Lipinski definition) is 3.